The molecule has 5 N–H and O–H groups in total. The molecule has 88 valence electrons. The average molecular weight is 223 g/mol. The van der Waals surface area contributed by atoms with Gasteiger partial charge in [-0.3, -0.25) is 0 Å². The normalized spacial score (nSPS) is 9.81. The molecule has 16 heavy (non-hydrogen) atoms. The SMILES string of the molecule is NCCCNC(=O)NCc1ccccc1O. The predicted molar refractivity (Wildman–Crippen MR) is 62.0 cm³/mol. The number of para-hydroxylation sites is 1. The van der Waals surface area contributed by atoms with Crippen molar-refractivity contribution in [2.75, 3.05) is 13.1 Å². The molecule has 0 aliphatic rings. The lowest BCUT2D eigenvalue weighted by atomic mass is 10.2. The highest BCUT2D eigenvalue weighted by atomic mass is 16.3. The maximum absolute atomic E-state index is 11.3. The highest BCUT2D eigenvalue weighted by Gasteiger charge is 2.02. The van der Waals surface area contributed by atoms with E-state index in [9.17, 15) is 9.90 Å². The highest BCUT2D eigenvalue weighted by molar-refractivity contribution is 5.73. The van der Waals surface area contributed by atoms with Crippen LogP contribution in [0.4, 0.5) is 4.79 Å². The van der Waals surface area contributed by atoms with Gasteiger partial charge in [-0.25, -0.2) is 4.79 Å². The van der Waals surface area contributed by atoms with Crippen molar-refractivity contribution in [2.45, 2.75) is 13.0 Å². The number of hydrogen-bond acceptors (Lipinski definition) is 3. The van der Waals surface area contributed by atoms with Gasteiger partial charge in [0.1, 0.15) is 5.75 Å². The van der Waals surface area contributed by atoms with Gasteiger partial charge in [-0.15, -0.1) is 0 Å². The van der Waals surface area contributed by atoms with Gasteiger partial charge in [0.25, 0.3) is 0 Å². The van der Waals surface area contributed by atoms with Crippen LogP contribution >= 0.6 is 0 Å². The second-order valence-corrected chi connectivity index (χ2v) is 3.38. The molecule has 0 saturated heterocycles. The van der Waals surface area contributed by atoms with E-state index < -0.39 is 0 Å². The molecule has 0 aliphatic carbocycles. The Morgan fingerprint density at radius 1 is 1.31 bits per heavy atom. The maximum Gasteiger partial charge on any atom is 0.315 e. The van der Waals surface area contributed by atoms with E-state index in [1.54, 1.807) is 18.2 Å². The van der Waals surface area contributed by atoms with Gasteiger partial charge in [0.2, 0.25) is 0 Å². The van der Waals surface area contributed by atoms with Crippen LogP contribution in [0.15, 0.2) is 24.3 Å². The molecule has 0 heterocycles. The van der Waals surface area contributed by atoms with Crippen molar-refractivity contribution in [2.24, 2.45) is 5.73 Å². The maximum atomic E-state index is 11.3. The Balaban J connectivity index is 2.29. The third-order valence-electron chi connectivity index (χ3n) is 2.10. The number of carbonyl (C=O) groups excluding carboxylic acids is 1. The van der Waals surface area contributed by atoms with Crippen molar-refractivity contribution >= 4 is 6.03 Å². The van der Waals surface area contributed by atoms with E-state index in [0.29, 0.717) is 25.2 Å². The predicted octanol–water partition coefficient (Wildman–Crippen LogP) is 0.540. The number of aromatic hydroxyl groups is 1. The highest BCUT2D eigenvalue weighted by Crippen LogP contribution is 2.14. The van der Waals surface area contributed by atoms with Gasteiger partial charge >= 0.3 is 6.03 Å². The Morgan fingerprint density at radius 3 is 2.75 bits per heavy atom. The van der Waals surface area contributed by atoms with Gasteiger partial charge in [-0.05, 0) is 19.0 Å². The molecule has 0 saturated carbocycles. The lowest BCUT2D eigenvalue weighted by Gasteiger charge is -2.08. The number of hydrogen-bond donors (Lipinski definition) is 4. The zero-order valence-electron chi connectivity index (χ0n) is 9.07. The number of carbonyl (C=O) groups is 1. The lowest BCUT2D eigenvalue weighted by molar-refractivity contribution is 0.240. The molecule has 5 nitrogen and oxygen atoms in total. The lowest BCUT2D eigenvalue weighted by Crippen LogP contribution is -2.36. The van der Waals surface area contributed by atoms with Gasteiger partial charge in [0.05, 0.1) is 0 Å². The summed E-state index contributed by atoms with van der Waals surface area (Å²) < 4.78 is 0. The zero-order valence-corrected chi connectivity index (χ0v) is 9.07. The van der Waals surface area contributed by atoms with Crippen molar-refractivity contribution in [1.29, 1.82) is 0 Å². The monoisotopic (exact) mass is 223 g/mol. The fourth-order valence-corrected chi connectivity index (χ4v) is 1.20. The summed E-state index contributed by atoms with van der Waals surface area (Å²) in [5.74, 6) is 0.185. The van der Waals surface area contributed by atoms with E-state index in [2.05, 4.69) is 10.6 Å². The summed E-state index contributed by atoms with van der Waals surface area (Å²) in [6.45, 7) is 1.42. The topological polar surface area (TPSA) is 87.4 Å². The van der Waals surface area contributed by atoms with E-state index in [-0.39, 0.29) is 11.8 Å². The largest absolute Gasteiger partial charge is 0.508 e. The van der Waals surface area contributed by atoms with E-state index in [0.717, 1.165) is 6.42 Å². The van der Waals surface area contributed by atoms with Crippen LogP contribution in [-0.2, 0) is 6.54 Å². The number of phenols is 1. The fraction of sp³-hybridized carbons (Fsp3) is 0.364. The number of urea groups is 1. The summed E-state index contributed by atoms with van der Waals surface area (Å²) >= 11 is 0. The molecule has 0 atom stereocenters. The fourth-order valence-electron chi connectivity index (χ4n) is 1.20. The van der Waals surface area contributed by atoms with Crippen molar-refractivity contribution in [3.05, 3.63) is 29.8 Å². The van der Waals surface area contributed by atoms with Gasteiger partial charge < -0.3 is 21.5 Å². The Labute approximate surface area is 94.7 Å². The van der Waals surface area contributed by atoms with Crippen LogP contribution in [-0.4, -0.2) is 24.2 Å². The molecule has 2 amide bonds. The molecule has 5 heteroatoms. The van der Waals surface area contributed by atoms with E-state index in [1.807, 2.05) is 6.07 Å². The Kier molecular flexibility index (Phi) is 5.15. The first kappa shape index (κ1) is 12.3. The summed E-state index contributed by atoms with van der Waals surface area (Å²) in [7, 11) is 0. The first-order chi connectivity index (χ1) is 7.74. The molecular formula is C11H17N3O2. The second kappa shape index (κ2) is 6.68. The van der Waals surface area contributed by atoms with Crippen LogP contribution in [0.25, 0.3) is 0 Å². The number of nitrogens with two attached hydrogens (primary N) is 1. The smallest absolute Gasteiger partial charge is 0.315 e. The van der Waals surface area contributed by atoms with Crippen LogP contribution < -0.4 is 16.4 Å². The summed E-state index contributed by atoms with van der Waals surface area (Å²) in [5, 5.41) is 14.8. The molecule has 1 aromatic carbocycles. The van der Waals surface area contributed by atoms with Crippen molar-refractivity contribution < 1.29 is 9.90 Å². The number of rotatable bonds is 5. The summed E-state index contributed by atoms with van der Waals surface area (Å²) in [4.78, 5) is 11.3. The Bertz CT molecular complexity index is 342. The molecule has 0 aliphatic heterocycles. The number of nitrogens with one attached hydrogen (secondary N) is 2. The molecule has 0 fully saturated rings. The molecule has 0 aromatic heterocycles. The van der Waals surface area contributed by atoms with Gasteiger partial charge in [0.15, 0.2) is 0 Å². The van der Waals surface area contributed by atoms with Crippen molar-refractivity contribution in [3.63, 3.8) is 0 Å². The van der Waals surface area contributed by atoms with Crippen molar-refractivity contribution in [3.8, 4) is 5.75 Å². The number of benzene rings is 1. The van der Waals surface area contributed by atoms with Gasteiger partial charge in [0, 0.05) is 18.7 Å². The zero-order chi connectivity index (χ0) is 11.8. The molecule has 1 aromatic rings. The first-order valence-electron chi connectivity index (χ1n) is 5.22. The first-order valence-corrected chi connectivity index (χ1v) is 5.22. The van der Waals surface area contributed by atoms with Gasteiger partial charge in [-0.1, -0.05) is 18.2 Å². The van der Waals surface area contributed by atoms with E-state index in [4.69, 9.17) is 5.73 Å². The molecule has 1 rings (SSSR count). The third kappa shape index (κ3) is 4.18. The van der Waals surface area contributed by atoms with E-state index >= 15 is 0 Å². The third-order valence-corrected chi connectivity index (χ3v) is 2.10. The minimum Gasteiger partial charge on any atom is -0.508 e. The molecule has 0 spiro atoms. The van der Waals surface area contributed by atoms with Crippen LogP contribution in [0.2, 0.25) is 0 Å². The standard InChI is InChI=1S/C11H17N3O2/c12-6-3-7-13-11(16)14-8-9-4-1-2-5-10(9)15/h1-2,4-5,15H,3,6-8,12H2,(H2,13,14,16). The average Bonchev–Trinajstić information content (AvgIpc) is 2.28. The minimum absolute atomic E-state index is 0.185. The van der Waals surface area contributed by atoms with Crippen LogP contribution in [0.1, 0.15) is 12.0 Å². The second-order valence-electron chi connectivity index (χ2n) is 3.38. The van der Waals surface area contributed by atoms with Crippen LogP contribution in [0, 0.1) is 0 Å². The van der Waals surface area contributed by atoms with E-state index in [1.165, 1.54) is 0 Å². The quantitative estimate of drug-likeness (QED) is 0.549. The van der Waals surface area contributed by atoms with Crippen molar-refractivity contribution in [1.82, 2.24) is 10.6 Å². The van der Waals surface area contributed by atoms with Gasteiger partial charge in [-0.2, -0.15) is 0 Å². The summed E-state index contributed by atoms with van der Waals surface area (Å²) in [5.41, 5.74) is 5.99. The number of amides is 2. The Morgan fingerprint density at radius 2 is 2.06 bits per heavy atom. The van der Waals surface area contributed by atoms with Crippen LogP contribution in [0.3, 0.4) is 0 Å². The molecule has 0 bridgehead atoms. The van der Waals surface area contributed by atoms with Crippen LogP contribution in [0.5, 0.6) is 5.75 Å². The summed E-state index contributed by atoms with van der Waals surface area (Å²) in [6, 6.07) is 6.64. The summed E-state index contributed by atoms with van der Waals surface area (Å²) in [6.07, 6.45) is 0.754. The molecular weight excluding hydrogens is 206 g/mol. The minimum atomic E-state index is -0.253. The number of phenolic OH excluding ortho intramolecular Hbond substituents is 1. The molecule has 0 radical (unpaired) electrons. The Hall–Kier alpha value is -1.75. The molecule has 0 unspecified atom stereocenters.